The van der Waals surface area contributed by atoms with Crippen LogP contribution in [0.1, 0.15) is 30.1 Å². The molecule has 162 valence electrons. The number of nitrogens with two attached hydrogens (primary N) is 1. The summed E-state index contributed by atoms with van der Waals surface area (Å²) in [4.78, 5) is 31.1. The van der Waals surface area contributed by atoms with Crippen molar-refractivity contribution in [3.8, 4) is 5.75 Å². The number of aliphatic imine (C=N–C) groups is 1. The van der Waals surface area contributed by atoms with Gasteiger partial charge in [0.1, 0.15) is 11.9 Å². The largest absolute Gasteiger partial charge is 0.480 e. The molecule has 0 aromatic heterocycles. The van der Waals surface area contributed by atoms with Gasteiger partial charge in [-0.2, -0.15) is 4.99 Å². The van der Waals surface area contributed by atoms with E-state index in [-0.39, 0.29) is 23.8 Å². The molecule has 5 rings (SSSR count). The molecule has 2 N–H and O–H groups in total. The van der Waals surface area contributed by atoms with Crippen molar-refractivity contribution in [1.82, 2.24) is 4.90 Å². The monoisotopic (exact) mass is 445 g/mol. The molecule has 32 heavy (non-hydrogen) atoms. The Bertz CT molecular complexity index is 1150. The number of fused-ring (bicyclic) bond motifs is 1. The van der Waals surface area contributed by atoms with Crippen LogP contribution >= 0.6 is 11.8 Å². The van der Waals surface area contributed by atoms with Crippen LogP contribution in [0.5, 0.6) is 5.75 Å². The number of carbonyl (C=O) groups excluding carboxylic acids is 2. The molecule has 0 aliphatic carbocycles. The normalized spacial score (nSPS) is 22.2. The lowest BCUT2D eigenvalue weighted by Gasteiger charge is -2.31. The molecule has 0 spiro atoms. The van der Waals surface area contributed by atoms with E-state index in [0.717, 1.165) is 22.4 Å². The molecule has 3 aliphatic heterocycles. The summed E-state index contributed by atoms with van der Waals surface area (Å²) in [5.41, 5.74) is 8.35. The topological polar surface area (TPSA) is 85.0 Å². The number of piperidine rings is 1. The maximum atomic E-state index is 12.7. The lowest BCUT2D eigenvalue weighted by molar-refractivity contribution is -0.123. The lowest BCUT2D eigenvalue weighted by Crippen LogP contribution is -2.40. The molecule has 0 radical (unpaired) electrons. The second-order valence-electron chi connectivity index (χ2n) is 8.06. The summed E-state index contributed by atoms with van der Waals surface area (Å²) in [5, 5.41) is 0.693. The standard InChI is InChI=1S/C25H23N3O3S/c26-23(29)17-10-12-28(13-11-17)25-27-24(30)21(32-25)15-19-14-18-8-4-5-9-20(18)31-22(19)16-6-2-1-3-7-16/h1-9,14-15,17,22H,10-13H2,(H2,26,29)/b21-15+. The van der Waals surface area contributed by atoms with Crippen molar-refractivity contribution in [3.63, 3.8) is 0 Å². The minimum atomic E-state index is -0.303. The second kappa shape index (κ2) is 8.67. The third kappa shape index (κ3) is 4.08. The predicted molar refractivity (Wildman–Crippen MR) is 126 cm³/mol. The summed E-state index contributed by atoms with van der Waals surface area (Å²) in [6, 6.07) is 17.9. The molecule has 1 fully saturated rings. The number of amidine groups is 1. The zero-order chi connectivity index (χ0) is 22.1. The number of rotatable bonds is 3. The number of ether oxygens (including phenoxy) is 1. The second-order valence-corrected chi connectivity index (χ2v) is 9.07. The van der Waals surface area contributed by atoms with Crippen LogP contribution in [0.25, 0.3) is 6.08 Å². The summed E-state index contributed by atoms with van der Waals surface area (Å²) in [7, 11) is 0. The first kappa shape index (κ1) is 20.6. The van der Waals surface area contributed by atoms with Gasteiger partial charge >= 0.3 is 0 Å². The molecule has 1 unspecified atom stereocenters. The number of likely N-dealkylation sites (tertiary alicyclic amines) is 1. The summed E-state index contributed by atoms with van der Waals surface area (Å²) in [6.45, 7) is 1.34. The zero-order valence-electron chi connectivity index (χ0n) is 17.4. The van der Waals surface area contributed by atoms with Crippen molar-refractivity contribution in [1.29, 1.82) is 0 Å². The molecule has 1 atom stereocenters. The van der Waals surface area contributed by atoms with Crippen LogP contribution in [-0.2, 0) is 9.59 Å². The number of primary amides is 1. The van der Waals surface area contributed by atoms with Crippen molar-refractivity contribution < 1.29 is 14.3 Å². The average Bonchev–Trinajstić information content (AvgIpc) is 3.19. The third-order valence-corrected chi connectivity index (χ3v) is 7.01. The first-order valence-electron chi connectivity index (χ1n) is 10.7. The van der Waals surface area contributed by atoms with Crippen molar-refractivity contribution >= 4 is 34.8 Å². The fraction of sp³-hybridized carbons (Fsp3) is 0.240. The molecule has 0 saturated carbocycles. The number of nitrogens with zero attached hydrogens (tertiary/aromatic N) is 2. The average molecular weight is 446 g/mol. The Kier molecular flexibility index (Phi) is 5.57. The van der Waals surface area contributed by atoms with E-state index in [1.807, 2.05) is 60.7 Å². The molecule has 2 aromatic carbocycles. The van der Waals surface area contributed by atoms with Gasteiger partial charge in [-0.1, -0.05) is 48.5 Å². The zero-order valence-corrected chi connectivity index (χ0v) is 18.3. The van der Waals surface area contributed by atoms with Gasteiger partial charge in [-0.15, -0.1) is 0 Å². The maximum Gasteiger partial charge on any atom is 0.286 e. The maximum absolute atomic E-state index is 12.7. The quantitative estimate of drug-likeness (QED) is 0.724. The van der Waals surface area contributed by atoms with E-state index in [1.54, 1.807) is 0 Å². The molecule has 2 amide bonds. The van der Waals surface area contributed by atoms with Gasteiger partial charge in [0.25, 0.3) is 5.91 Å². The molecule has 6 nitrogen and oxygen atoms in total. The molecule has 7 heteroatoms. The van der Waals surface area contributed by atoms with E-state index in [4.69, 9.17) is 10.5 Å². The van der Waals surface area contributed by atoms with Crippen molar-refractivity contribution in [2.45, 2.75) is 18.9 Å². The number of benzene rings is 2. The van der Waals surface area contributed by atoms with Gasteiger partial charge in [0.05, 0.1) is 4.91 Å². The Hall–Kier alpha value is -3.32. The smallest absolute Gasteiger partial charge is 0.286 e. The van der Waals surface area contributed by atoms with Crippen molar-refractivity contribution in [2.24, 2.45) is 16.6 Å². The first-order valence-corrected chi connectivity index (χ1v) is 11.5. The van der Waals surface area contributed by atoms with Crippen molar-refractivity contribution in [2.75, 3.05) is 13.1 Å². The van der Waals surface area contributed by atoms with E-state index in [2.05, 4.69) is 16.0 Å². The van der Waals surface area contributed by atoms with E-state index in [0.29, 0.717) is 36.0 Å². The van der Waals surface area contributed by atoms with Crippen LogP contribution in [0.4, 0.5) is 0 Å². The predicted octanol–water partition coefficient (Wildman–Crippen LogP) is 3.91. The number of carbonyl (C=O) groups is 2. The molecule has 3 heterocycles. The first-order chi connectivity index (χ1) is 15.6. The Morgan fingerprint density at radius 3 is 2.56 bits per heavy atom. The number of hydrogen-bond acceptors (Lipinski definition) is 5. The summed E-state index contributed by atoms with van der Waals surface area (Å²) in [5.74, 6) is 0.232. The lowest BCUT2D eigenvalue weighted by atomic mass is 9.95. The molecule has 0 bridgehead atoms. The van der Waals surface area contributed by atoms with Crippen LogP contribution in [0.3, 0.4) is 0 Å². The van der Waals surface area contributed by atoms with Crippen LogP contribution in [-0.4, -0.2) is 35.0 Å². The highest BCUT2D eigenvalue weighted by atomic mass is 32.2. The van der Waals surface area contributed by atoms with E-state index in [1.165, 1.54) is 11.8 Å². The highest BCUT2D eigenvalue weighted by molar-refractivity contribution is 8.18. The van der Waals surface area contributed by atoms with E-state index >= 15 is 0 Å². The minimum absolute atomic E-state index is 0.0970. The van der Waals surface area contributed by atoms with Crippen molar-refractivity contribution in [3.05, 3.63) is 82.3 Å². The van der Waals surface area contributed by atoms with Gasteiger partial charge in [0.2, 0.25) is 5.91 Å². The molecular formula is C25H23N3O3S. The van der Waals surface area contributed by atoms with Gasteiger partial charge in [-0.25, -0.2) is 0 Å². The van der Waals surface area contributed by atoms with Crippen LogP contribution in [0.2, 0.25) is 0 Å². The molecule has 2 aromatic rings. The number of para-hydroxylation sites is 1. The summed E-state index contributed by atoms with van der Waals surface area (Å²) < 4.78 is 6.33. The number of hydrogen-bond donors (Lipinski definition) is 1. The van der Waals surface area contributed by atoms with Crippen LogP contribution in [0, 0.1) is 5.92 Å². The Morgan fingerprint density at radius 1 is 1.09 bits per heavy atom. The highest BCUT2D eigenvalue weighted by Gasteiger charge is 2.32. The summed E-state index contributed by atoms with van der Waals surface area (Å²) >= 11 is 1.38. The third-order valence-electron chi connectivity index (χ3n) is 5.97. The molecule has 3 aliphatic rings. The fourth-order valence-corrected chi connectivity index (χ4v) is 5.17. The van der Waals surface area contributed by atoms with Gasteiger partial charge in [0.15, 0.2) is 5.17 Å². The number of amides is 2. The van der Waals surface area contributed by atoms with Gasteiger partial charge in [-0.3, -0.25) is 9.59 Å². The Balaban J connectivity index is 1.40. The van der Waals surface area contributed by atoms with Crippen LogP contribution < -0.4 is 10.5 Å². The SMILES string of the molecule is NC(=O)C1CCN(C2=NC(=O)/C(=C\C3=Cc4ccccc4OC3c3ccccc3)S2)CC1. The van der Waals surface area contributed by atoms with Gasteiger partial charge in [0, 0.05) is 24.6 Å². The minimum Gasteiger partial charge on any atom is -0.480 e. The van der Waals surface area contributed by atoms with E-state index < -0.39 is 0 Å². The van der Waals surface area contributed by atoms with Gasteiger partial charge < -0.3 is 15.4 Å². The number of thioether (sulfide) groups is 1. The Labute approximate surface area is 190 Å². The molecule has 1 saturated heterocycles. The molecular weight excluding hydrogens is 422 g/mol. The van der Waals surface area contributed by atoms with Gasteiger partial charge in [-0.05, 0) is 54.0 Å². The van der Waals surface area contributed by atoms with Crippen LogP contribution in [0.15, 0.2) is 76.1 Å². The fourth-order valence-electron chi connectivity index (χ4n) is 4.20. The Morgan fingerprint density at radius 2 is 1.81 bits per heavy atom. The summed E-state index contributed by atoms with van der Waals surface area (Å²) in [6.07, 6.45) is 5.05. The highest BCUT2D eigenvalue weighted by Crippen LogP contribution is 2.40. The van der Waals surface area contributed by atoms with E-state index in [9.17, 15) is 9.59 Å².